The van der Waals surface area contributed by atoms with Gasteiger partial charge in [-0.3, -0.25) is 4.79 Å². The van der Waals surface area contributed by atoms with Gasteiger partial charge in [0.2, 0.25) is 5.91 Å². The van der Waals surface area contributed by atoms with Gasteiger partial charge >= 0.3 is 5.97 Å². The van der Waals surface area contributed by atoms with E-state index in [4.69, 9.17) is 5.73 Å². The molecule has 5 heteroatoms. The van der Waals surface area contributed by atoms with Gasteiger partial charge in [0.25, 0.3) is 0 Å². The minimum absolute atomic E-state index is 0.0206. The van der Waals surface area contributed by atoms with Gasteiger partial charge < -0.3 is 15.7 Å². The zero-order chi connectivity index (χ0) is 14.0. The molecule has 0 aromatic carbocycles. The van der Waals surface area contributed by atoms with Crippen LogP contribution in [-0.4, -0.2) is 41.0 Å². The maximum absolute atomic E-state index is 12.6. The first kappa shape index (κ1) is 14.3. The third-order valence-corrected chi connectivity index (χ3v) is 4.71. The van der Waals surface area contributed by atoms with Gasteiger partial charge in [-0.05, 0) is 44.1 Å². The molecule has 0 radical (unpaired) electrons. The predicted molar refractivity (Wildman–Crippen MR) is 71.4 cm³/mol. The van der Waals surface area contributed by atoms with Crippen molar-refractivity contribution in [1.29, 1.82) is 0 Å². The Morgan fingerprint density at radius 3 is 2.68 bits per heavy atom. The van der Waals surface area contributed by atoms with Gasteiger partial charge in [0, 0.05) is 12.5 Å². The van der Waals surface area contributed by atoms with Gasteiger partial charge in [0.05, 0.1) is 0 Å². The highest BCUT2D eigenvalue weighted by Crippen LogP contribution is 2.34. The van der Waals surface area contributed by atoms with Gasteiger partial charge in [-0.2, -0.15) is 0 Å². The Morgan fingerprint density at radius 2 is 2.05 bits per heavy atom. The molecule has 0 bridgehead atoms. The lowest BCUT2D eigenvalue weighted by Gasteiger charge is -2.38. The van der Waals surface area contributed by atoms with Crippen molar-refractivity contribution in [3.63, 3.8) is 0 Å². The minimum atomic E-state index is -0.873. The van der Waals surface area contributed by atoms with Crippen molar-refractivity contribution in [3.05, 3.63) is 0 Å². The molecule has 0 aromatic heterocycles. The Hall–Kier alpha value is -1.10. The van der Waals surface area contributed by atoms with Gasteiger partial charge in [-0.15, -0.1) is 0 Å². The summed E-state index contributed by atoms with van der Waals surface area (Å²) in [6, 6.07) is -0.643. The summed E-state index contributed by atoms with van der Waals surface area (Å²) in [5, 5.41) is 9.32. The summed E-state index contributed by atoms with van der Waals surface area (Å²) in [4.78, 5) is 25.6. The Labute approximate surface area is 114 Å². The summed E-state index contributed by atoms with van der Waals surface area (Å²) in [5.74, 6) is -0.296. The highest BCUT2D eigenvalue weighted by atomic mass is 16.4. The van der Waals surface area contributed by atoms with Crippen molar-refractivity contribution in [3.8, 4) is 0 Å². The lowest BCUT2D eigenvalue weighted by atomic mass is 9.89. The summed E-state index contributed by atoms with van der Waals surface area (Å²) in [6.45, 7) is 3.15. The van der Waals surface area contributed by atoms with Crippen molar-refractivity contribution in [2.75, 3.05) is 13.1 Å². The maximum atomic E-state index is 12.6. The lowest BCUT2D eigenvalue weighted by Crippen LogP contribution is -2.52. The predicted octanol–water partition coefficient (Wildman–Crippen LogP) is 1.07. The Kier molecular flexibility index (Phi) is 4.45. The van der Waals surface area contributed by atoms with Crippen LogP contribution < -0.4 is 5.73 Å². The summed E-state index contributed by atoms with van der Waals surface area (Å²) in [7, 11) is 0. The number of carbonyl (C=O) groups excluding carboxylic acids is 1. The van der Waals surface area contributed by atoms with Crippen LogP contribution in [-0.2, 0) is 9.59 Å². The number of likely N-dealkylation sites (tertiary alicyclic amines) is 1. The van der Waals surface area contributed by atoms with Crippen molar-refractivity contribution < 1.29 is 14.7 Å². The third kappa shape index (κ3) is 2.91. The van der Waals surface area contributed by atoms with E-state index in [-0.39, 0.29) is 17.7 Å². The number of carboxylic acids is 1. The van der Waals surface area contributed by atoms with E-state index in [2.05, 4.69) is 6.92 Å². The van der Waals surface area contributed by atoms with Crippen LogP contribution in [0, 0.1) is 17.8 Å². The van der Waals surface area contributed by atoms with E-state index in [0.717, 1.165) is 25.7 Å². The van der Waals surface area contributed by atoms with Gasteiger partial charge in [-0.25, -0.2) is 4.79 Å². The molecule has 2 rings (SSSR count). The first-order chi connectivity index (χ1) is 9.04. The SMILES string of the molecule is CC1CCN(C(=O)C2CCCC2CN)C(C(=O)O)C1. The third-order valence-electron chi connectivity index (χ3n) is 4.71. The van der Waals surface area contributed by atoms with Crippen LogP contribution in [0.15, 0.2) is 0 Å². The molecule has 0 spiro atoms. The molecule has 1 aliphatic carbocycles. The molecule has 3 N–H and O–H groups in total. The number of piperidine rings is 1. The fraction of sp³-hybridized carbons (Fsp3) is 0.857. The monoisotopic (exact) mass is 268 g/mol. The summed E-state index contributed by atoms with van der Waals surface area (Å²) in [5.41, 5.74) is 5.72. The zero-order valence-electron chi connectivity index (χ0n) is 11.5. The number of nitrogens with zero attached hydrogens (tertiary/aromatic N) is 1. The fourth-order valence-corrected chi connectivity index (χ4v) is 3.50. The Bertz CT molecular complexity index is 359. The topological polar surface area (TPSA) is 83.6 Å². The number of carboxylic acid groups (broad SMARTS) is 1. The molecule has 0 aromatic rings. The molecular weight excluding hydrogens is 244 g/mol. The Morgan fingerprint density at radius 1 is 1.32 bits per heavy atom. The summed E-state index contributed by atoms with van der Waals surface area (Å²) >= 11 is 0. The van der Waals surface area contributed by atoms with E-state index in [1.165, 1.54) is 0 Å². The van der Waals surface area contributed by atoms with E-state index < -0.39 is 12.0 Å². The number of rotatable bonds is 3. The zero-order valence-corrected chi connectivity index (χ0v) is 11.5. The lowest BCUT2D eigenvalue weighted by molar-refractivity contribution is -0.155. The fourth-order valence-electron chi connectivity index (χ4n) is 3.50. The van der Waals surface area contributed by atoms with Crippen LogP contribution in [0.25, 0.3) is 0 Å². The molecule has 1 amide bonds. The molecule has 1 saturated carbocycles. The van der Waals surface area contributed by atoms with Gasteiger partial charge in [0.15, 0.2) is 0 Å². The quantitative estimate of drug-likeness (QED) is 0.802. The van der Waals surface area contributed by atoms with Gasteiger partial charge in [-0.1, -0.05) is 13.3 Å². The molecule has 1 aliphatic heterocycles. The standard InChI is InChI=1S/C14H24N2O3/c1-9-5-6-16(12(7-9)14(18)19)13(17)11-4-2-3-10(11)8-15/h9-12H,2-8,15H2,1H3,(H,18,19). The number of amides is 1. The normalized spacial score (nSPS) is 35.4. The number of aliphatic carboxylic acids is 1. The van der Waals surface area contributed by atoms with E-state index in [0.29, 0.717) is 25.4 Å². The highest BCUT2D eigenvalue weighted by Gasteiger charge is 2.40. The molecular formula is C14H24N2O3. The van der Waals surface area contributed by atoms with Crippen LogP contribution in [0.5, 0.6) is 0 Å². The van der Waals surface area contributed by atoms with E-state index >= 15 is 0 Å². The summed E-state index contributed by atoms with van der Waals surface area (Å²) in [6.07, 6.45) is 4.35. The molecule has 19 heavy (non-hydrogen) atoms. The second-order valence-corrected chi connectivity index (χ2v) is 6.05. The molecule has 4 unspecified atom stereocenters. The second-order valence-electron chi connectivity index (χ2n) is 6.05. The molecule has 2 aliphatic rings. The van der Waals surface area contributed by atoms with Crippen LogP contribution >= 0.6 is 0 Å². The molecule has 5 nitrogen and oxygen atoms in total. The smallest absolute Gasteiger partial charge is 0.326 e. The van der Waals surface area contributed by atoms with Crippen LogP contribution in [0.3, 0.4) is 0 Å². The van der Waals surface area contributed by atoms with Crippen molar-refractivity contribution in [2.45, 2.75) is 45.1 Å². The van der Waals surface area contributed by atoms with E-state index in [1.54, 1.807) is 4.90 Å². The first-order valence-corrected chi connectivity index (χ1v) is 7.28. The number of hydrogen-bond acceptors (Lipinski definition) is 3. The molecule has 4 atom stereocenters. The van der Waals surface area contributed by atoms with Crippen molar-refractivity contribution in [1.82, 2.24) is 4.90 Å². The molecule has 1 heterocycles. The van der Waals surface area contributed by atoms with E-state index in [9.17, 15) is 14.7 Å². The molecule has 2 fully saturated rings. The average Bonchev–Trinajstić information content (AvgIpc) is 2.86. The minimum Gasteiger partial charge on any atom is -0.480 e. The number of carbonyl (C=O) groups is 2. The maximum Gasteiger partial charge on any atom is 0.326 e. The van der Waals surface area contributed by atoms with Crippen LogP contribution in [0.4, 0.5) is 0 Å². The van der Waals surface area contributed by atoms with E-state index in [1.807, 2.05) is 0 Å². The number of nitrogens with two attached hydrogens (primary N) is 1. The van der Waals surface area contributed by atoms with Crippen molar-refractivity contribution in [2.24, 2.45) is 23.5 Å². The molecule has 108 valence electrons. The van der Waals surface area contributed by atoms with Crippen LogP contribution in [0.1, 0.15) is 39.0 Å². The highest BCUT2D eigenvalue weighted by molar-refractivity contribution is 5.85. The summed E-state index contributed by atoms with van der Waals surface area (Å²) < 4.78 is 0. The second kappa shape index (κ2) is 5.90. The van der Waals surface area contributed by atoms with Crippen molar-refractivity contribution >= 4 is 11.9 Å². The largest absolute Gasteiger partial charge is 0.480 e. The molecule has 1 saturated heterocycles. The first-order valence-electron chi connectivity index (χ1n) is 7.28. The van der Waals surface area contributed by atoms with Gasteiger partial charge in [0.1, 0.15) is 6.04 Å². The average molecular weight is 268 g/mol. The van der Waals surface area contributed by atoms with Crippen LogP contribution in [0.2, 0.25) is 0 Å². The number of hydrogen-bond donors (Lipinski definition) is 2. The Balaban J connectivity index is 2.10.